The summed E-state index contributed by atoms with van der Waals surface area (Å²) >= 11 is 0. The summed E-state index contributed by atoms with van der Waals surface area (Å²) < 4.78 is 26.9. The molecule has 1 aliphatic rings. The van der Waals surface area contributed by atoms with Gasteiger partial charge in [-0.1, -0.05) is 0 Å². The lowest BCUT2D eigenvalue weighted by molar-refractivity contribution is 0.186. The second kappa shape index (κ2) is 6.85. The molecule has 4 nitrogen and oxygen atoms in total. The molecule has 0 radical (unpaired) electrons. The van der Waals surface area contributed by atoms with E-state index in [1.807, 2.05) is 6.92 Å². The fraction of sp³-hybridized carbons (Fsp3) is 0.533. The van der Waals surface area contributed by atoms with Crippen LogP contribution < -0.4 is 5.32 Å². The van der Waals surface area contributed by atoms with Gasteiger partial charge in [0.1, 0.15) is 11.6 Å². The highest BCUT2D eigenvalue weighted by molar-refractivity contribution is 5.74. The molecule has 6 heteroatoms. The molecule has 0 aliphatic carbocycles. The Bertz CT molecular complexity index is 523. The number of urea groups is 1. The van der Waals surface area contributed by atoms with Crippen LogP contribution >= 0.6 is 0 Å². The highest BCUT2D eigenvalue weighted by Crippen LogP contribution is 2.23. The molecule has 1 aromatic rings. The van der Waals surface area contributed by atoms with Gasteiger partial charge in [0, 0.05) is 31.8 Å². The van der Waals surface area contributed by atoms with Crippen LogP contribution in [0.1, 0.15) is 30.9 Å². The van der Waals surface area contributed by atoms with E-state index in [1.165, 1.54) is 6.07 Å². The van der Waals surface area contributed by atoms with E-state index in [9.17, 15) is 13.6 Å². The lowest BCUT2D eigenvalue weighted by atomic mass is 9.99. The molecule has 116 valence electrons. The molecule has 2 rings (SSSR count). The van der Waals surface area contributed by atoms with Gasteiger partial charge in [-0.2, -0.15) is 0 Å². The van der Waals surface area contributed by atoms with Gasteiger partial charge < -0.3 is 15.3 Å². The average Bonchev–Trinajstić information content (AvgIpc) is 2.44. The van der Waals surface area contributed by atoms with Crippen LogP contribution in [0.25, 0.3) is 0 Å². The summed E-state index contributed by atoms with van der Waals surface area (Å²) in [5.41, 5.74) is 1.02. The Morgan fingerprint density at radius 3 is 2.95 bits per heavy atom. The van der Waals surface area contributed by atoms with Crippen LogP contribution in [0.3, 0.4) is 0 Å². The van der Waals surface area contributed by atoms with E-state index in [0.29, 0.717) is 36.9 Å². The number of amides is 2. The first-order chi connectivity index (χ1) is 10.0. The van der Waals surface area contributed by atoms with Crippen LogP contribution in [0, 0.1) is 11.6 Å². The van der Waals surface area contributed by atoms with E-state index >= 15 is 0 Å². The molecule has 0 bridgehead atoms. The van der Waals surface area contributed by atoms with E-state index in [-0.39, 0.29) is 25.2 Å². The first-order valence-electron chi connectivity index (χ1n) is 7.14. The SMILES string of the molecule is CC(CCCO)NC(=O)N1CCc2c(F)cc(F)cc2C1. The van der Waals surface area contributed by atoms with Crippen LogP contribution in [0.4, 0.5) is 13.6 Å². The highest BCUT2D eigenvalue weighted by Gasteiger charge is 2.24. The number of hydrogen-bond acceptors (Lipinski definition) is 2. The minimum atomic E-state index is -0.621. The third-order valence-electron chi connectivity index (χ3n) is 3.70. The zero-order valence-electron chi connectivity index (χ0n) is 12.0. The molecule has 1 aromatic carbocycles. The van der Waals surface area contributed by atoms with E-state index < -0.39 is 11.6 Å². The zero-order chi connectivity index (χ0) is 15.4. The number of fused-ring (bicyclic) bond motifs is 1. The van der Waals surface area contributed by atoms with Crippen molar-refractivity contribution in [3.8, 4) is 0 Å². The molecule has 0 aromatic heterocycles. The van der Waals surface area contributed by atoms with E-state index in [2.05, 4.69) is 5.32 Å². The molecule has 1 heterocycles. The van der Waals surface area contributed by atoms with Crippen molar-refractivity contribution >= 4 is 6.03 Å². The number of hydrogen-bond donors (Lipinski definition) is 2. The van der Waals surface area contributed by atoms with Crippen molar-refractivity contribution in [3.05, 3.63) is 34.9 Å². The number of halogens is 2. The van der Waals surface area contributed by atoms with Gasteiger partial charge in [0.2, 0.25) is 0 Å². The summed E-state index contributed by atoms with van der Waals surface area (Å²) in [6.07, 6.45) is 1.70. The number of carbonyl (C=O) groups excluding carboxylic acids is 1. The normalized spacial score (nSPS) is 15.5. The summed E-state index contributed by atoms with van der Waals surface area (Å²) in [4.78, 5) is 13.7. The lowest BCUT2D eigenvalue weighted by Gasteiger charge is -2.30. The quantitative estimate of drug-likeness (QED) is 0.895. The standard InChI is InChI=1S/C15H20F2N2O2/c1-10(3-2-6-20)18-15(21)19-5-4-13-11(9-19)7-12(16)8-14(13)17/h7-8,10,20H,2-6,9H2,1H3,(H,18,21). The van der Waals surface area contributed by atoms with Gasteiger partial charge in [-0.25, -0.2) is 13.6 Å². The summed E-state index contributed by atoms with van der Waals surface area (Å²) in [7, 11) is 0. The summed E-state index contributed by atoms with van der Waals surface area (Å²) in [5.74, 6) is -1.16. The Morgan fingerprint density at radius 1 is 1.48 bits per heavy atom. The van der Waals surface area contributed by atoms with Crippen LogP contribution in [0.5, 0.6) is 0 Å². The number of carbonyl (C=O) groups is 1. The van der Waals surface area contributed by atoms with Crippen molar-refractivity contribution in [1.82, 2.24) is 10.2 Å². The molecule has 1 unspecified atom stereocenters. The largest absolute Gasteiger partial charge is 0.396 e. The van der Waals surface area contributed by atoms with Crippen molar-refractivity contribution in [2.24, 2.45) is 0 Å². The van der Waals surface area contributed by atoms with Crippen LogP contribution in [0.2, 0.25) is 0 Å². The second-order valence-corrected chi connectivity index (χ2v) is 5.41. The number of aliphatic hydroxyl groups excluding tert-OH is 1. The Balaban J connectivity index is 1.99. The summed E-state index contributed by atoms with van der Waals surface area (Å²) in [6.45, 7) is 2.58. The van der Waals surface area contributed by atoms with Crippen LogP contribution in [-0.4, -0.2) is 35.2 Å². The maximum atomic E-state index is 13.6. The number of benzene rings is 1. The molecule has 21 heavy (non-hydrogen) atoms. The van der Waals surface area contributed by atoms with E-state index in [4.69, 9.17) is 5.11 Å². The summed E-state index contributed by atoms with van der Waals surface area (Å²) in [6, 6.07) is 1.88. The third-order valence-corrected chi connectivity index (χ3v) is 3.70. The van der Waals surface area contributed by atoms with Crippen molar-refractivity contribution in [3.63, 3.8) is 0 Å². The zero-order valence-corrected chi connectivity index (χ0v) is 12.0. The Hall–Kier alpha value is -1.69. The van der Waals surface area contributed by atoms with Crippen LogP contribution in [0.15, 0.2) is 12.1 Å². The number of nitrogens with zero attached hydrogens (tertiary/aromatic N) is 1. The van der Waals surface area contributed by atoms with Gasteiger partial charge in [0.25, 0.3) is 0 Å². The number of aliphatic hydroxyl groups is 1. The predicted molar refractivity (Wildman–Crippen MR) is 74.8 cm³/mol. The fourth-order valence-corrected chi connectivity index (χ4v) is 2.55. The van der Waals surface area contributed by atoms with Crippen molar-refractivity contribution in [2.45, 2.75) is 38.8 Å². The average molecular weight is 298 g/mol. The molecule has 1 aliphatic heterocycles. The van der Waals surface area contributed by atoms with Gasteiger partial charge >= 0.3 is 6.03 Å². The molecule has 2 amide bonds. The molecule has 0 saturated heterocycles. The van der Waals surface area contributed by atoms with Crippen molar-refractivity contribution in [1.29, 1.82) is 0 Å². The van der Waals surface area contributed by atoms with Crippen LogP contribution in [-0.2, 0) is 13.0 Å². The fourth-order valence-electron chi connectivity index (χ4n) is 2.55. The van der Waals surface area contributed by atoms with Gasteiger partial charge in [0.15, 0.2) is 0 Å². The minimum Gasteiger partial charge on any atom is -0.396 e. The Kier molecular flexibility index (Phi) is 5.12. The van der Waals surface area contributed by atoms with Gasteiger partial charge in [-0.15, -0.1) is 0 Å². The maximum Gasteiger partial charge on any atom is 0.317 e. The molecule has 1 atom stereocenters. The topological polar surface area (TPSA) is 52.6 Å². The molecular weight excluding hydrogens is 278 g/mol. The first kappa shape index (κ1) is 15.7. The van der Waals surface area contributed by atoms with Crippen molar-refractivity contribution < 1.29 is 18.7 Å². The Morgan fingerprint density at radius 2 is 2.24 bits per heavy atom. The highest BCUT2D eigenvalue weighted by atomic mass is 19.1. The predicted octanol–water partition coefficient (Wildman–Crippen LogP) is 2.19. The van der Waals surface area contributed by atoms with Gasteiger partial charge in [-0.3, -0.25) is 0 Å². The Labute approximate surface area is 122 Å². The lowest BCUT2D eigenvalue weighted by Crippen LogP contribution is -2.46. The number of nitrogens with one attached hydrogen (secondary N) is 1. The smallest absolute Gasteiger partial charge is 0.317 e. The van der Waals surface area contributed by atoms with Gasteiger partial charge in [-0.05, 0) is 43.4 Å². The molecule has 2 N–H and O–H groups in total. The molecular formula is C15H20F2N2O2. The molecule has 0 fully saturated rings. The van der Waals surface area contributed by atoms with E-state index in [0.717, 1.165) is 6.07 Å². The minimum absolute atomic E-state index is 0.0460. The molecule has 0 saturated carbocycles. The number of rotatable bonds is 4. The third kappa shape index (κ3) is 3.91. The first-order valence-corrected chi connectivity index (χ1v) is 7.14. The monoisotopic (exact) mass is 298 g/mol. The van der Waals surface area contributed by atoms with Crippen molar-refractivity contribution in [2.75, 3.05) is 13.2 Å². The summed E-state index contributed by atoms with van der Waals surface area (Å²) in [5, 5.41) is 11.6. The maximum absolute atomic E-state index is 13.6. The molecule has 0 spiro atoms. The second-order valence-electron chi connectivity index (χ2n) is 5.41. The van der Waals surface area contributed by atoms with E-state index in [1.54, 1.807) is 4.90 Å². The van der Waals surface area contributed by atoms with Gasteiger partial charge in [0.05, 0.1) is 0 Å².